The quantitative estimate of drug-likeness (QED) is 0.764. The highest BCUT2D eigenvalue weighted by Gasteiger charge is 2.20. The molecule has 20 heavy (non-hydrogen) atoms. The van der Waals surface area contributed by atoms with Gasteiger partial charge in [-0.1, -0.05) is 0 Å². The number of hydrogen-bond acceptors (Lipinski definition) is 4. The first-order valence-corrected chi connectivity index (χ1v) is 7.08. The molecule has 1 aromatic rings. The predicted molar refractivity (Wildman–Crippen MR) is 79.9 cm³/mol. The van der Waals surface area contributed by atoms with Gasteiger partial charge in [0, 0.05) is 17.8 Å². The number of carbonyl (C=O) groups is 1. The zero-order chi connectivity index (χ0) is 14.5. The number of ether oxygens (including phenoxy) is 1. The molecular formula is C15H23N3O2. The lowest BCUT2D eigenvalue weighted by Gasteiger charge is -2.29. The number of amides is 1. The van der Waals surface area contributed by atoms with Crippen LogP contribution in [0.15, 0.2) is 18.2 Å². The molecule has 5 heteroatoms. The van der Waals surface area contributed by atoms with Crippen molar-refractivity contribution in [1.82, 2.24) is 0 Å². The van der Waals surface area contributed by atoms with Crippen molar-refractivity contribution < 1.29 is 9.53 Å². The van der Waals surface area contributed by atoms with E-state index in [1.165, 1.54) is 20.0 Å². The second-order valence-electron chi connectivity index (χ2n) is 5.38. The largest absolute Gasteiger partial charge is 0.496 e. The molecule has 5 N–H and O–H groups in total. The van der Waals surface area contributed by atoms with Crippen LogP contribution in [0.5, 0.6) is 5.75 Å². The van der Waals surface area contributed by atoms with E-state index in [2.05, 4.69) is 5.32 Å². The third kappa shape index (κ3) is 3.42. The molecule has 0 aliphatic heterocycles. The highest BCUT2D eigenvalue weighted by molar-refractivity contribution is 5.96. The molecule has 0 heterocycles. The summed E-state index contributed by atoms with van der Waals surface area (Å²) in [5.41, 5.74) is 12.4. The van der Waals surface area contributed by atoms with Gasteiger partial charge in [0.15, 0.2) is 0 Å². The number of primary amides is 1. The van der Waals surface area contributed by atoms with Gasteiger partial charge in [-0.25, -0.2) is 0 Å². The highest BCUT2D eigenvalue weighted by Crippen LogP contribution is 2.28. The summed E-state index contributed by atoms with van der Waals surface area (Å²) in [5.74, 6) is 0.704. The molecule has 1 aromatic carbocycles. The van der Waals surface area contributed by atoms with Gasteiger partial charge in [0.2, 0.25) is 0 Å². The fraction of sp³-hybridized carbons (Fsp3) is 0.533. The molecule has 0 aromatic heterocycles. The predicted octanol–water partition coefficient (Wildman–Crippen LogP) is 1.72. The first kappa shape index (κ1) is 14.7. The lowest BCUT2D eigenvalue weighted by atomic mass is 9.86. The van der Waals surface area contributed by atoms with Crippen LogP contribution in [0.4, 0.5) is 5.69 Å². The van der Waals surface area contributed by atoms with Crippen LogP contribution in [-0.2, 0) is 0 Å². The second kappa shape index (κ2) is 6.61. The Balaban J connectivity index is 2.01. The maximum atomic E-state index is 11.3. The van der Waals surface area contributed by atoms with E-state index in [4.69, 9.17) is 16.2 Å². The van der Waals surface area contributed by atoms with E-state index in [-0.39, 0.29) is 0 Å². The third-order valence-corrected chi connectivity index (χ3v) is 4.02. The van der Waals surface area contributed by atoms with E-state index in [0.717, 1.165) is 25.1 Å². The van der Waals surface area contributed by atoms with Crippen LogP contribution in [-0.4, -0.2) is 25.6 Å². The average Bonchev–Trinajstić information content (AvgIpc) is 2.47. The van der Waals surface area contributed by atoms with Crippen LogP contribution >= 0.6 is 0 Å². The Labute approximate surface area is 119 Å². The topological polar surface area (TPSA) is 90.4 Å². The first-order valence-electron chi connectivity index (χ1n) is 7.08. The summed E-state index contributed by atoms with van der Waals surface area (Å²) >= 11 is 0. The maximum absolute atomic E-state index is 11.3. The molecule has 0 unspecified atom stereocenters. The van der Waals surface area contributed by atoms with Gasteiger partial charge in [-0.15, -0.1) is 0 Å². The van der Waals surface area contributed by atoms with E-state index in [0.29, 0.717) is 23.3 Å². The number of rotatable bonds is 5. The maximum Gasteiger partial charge on any atom is 0.252 e. The van der Waals surface area contributed by atoms with Crippen molar-refractivity contribution in [2.24, 2.45) is 17.4 Å². The molecule has 0 saturated heterocycles. The number of methoxy groups -OCH3 is 1. The molecule has 0 bridgehead atoms. The first-order chi connectivity index (χ1) is 9.63. The molecule has 0 spiro atoms. The Hall–Kier alpha value is -1.75. The smallest absolute Gasteiger partial charge is 0.252 e. The van der Waals surface area contributed by atoms with E-state index in [1.54, 1.807) is 6.07 Å². The minimum absolute atomic E-state index is 0.407. The second-order valence-corrected chi connectivity index (χ2v) is 5.38. The molecular weight excluding hydrogens is 254 g/mol. The van der Waals surface area contributed by atoms with Crippen molar-refractivity contribution in [3.05, 3.63) is 23.8 Å². The minimum Gasteiger partial charge on any atom is -0.496 e. The van der Waals surface area contributed by atoms with Crippen molar-refractivity contribution in [1.29, 1.82) is 0 Å². The van der Waals surface area contributed by atoms with Crippen LogP contribution in [0.3, 0.4) is 0 Å². The van der Waals surface area contributed by atoms with E-state index >= 15 is 0 Å². The molecule has 1 amide bonds. The summed E-state index contributed by atoms with van der Waals surface area (Å²) < 4.78 is 5.21. The SMILES string of the molecule is COc1cc(N[C@H]2CC[C@H](CN)CC2)ccc1C(N)=O. The zero-order valence-electron chi connectivity index (χ0n) is 11.9. The Morgan fingerprint density at radius 1 is 1.35 bits per heavy atom. The summed E-state index contributed by atoms with van der Waals surface area (Å²) in [6.07, 6.45) is 4.60. The highest BCUT2D eigenvalue weighted by atomic mass is 16.5. The molecule has 5 nitrogen and oxygen atoms in total. The summed E-state index contributed by atoms with van der Waals surface area (Å²) in [6, 6.07) is 5.86. The molecule has 1 aliphatic rings. The van der Waals surface area contributed by atoms with Crippen LogP contribution in [0.2, 0.25) is 0 Å². The summed E-state index contributed by atoms with van der Waals surface area (Å²) in [5, 5.41) is 3.49. The molecule has 110 valence electrons. The van der Waals surface area contributed by atoms with Crippen LogP contribution in [0.25, 0.3) is 0 Å². The standard InChI is InChI=1S/C15H23N3O2/c1-20-14-8-12(6-7-13(14)15(17)19)18-11-4-2-10(9-16)3-5-11/h6-8,10-11,18H,2-5,9,16H2,1H3,(H2,17,19)/t10-,11-. The van der Waals surface area contributed by atoms with Gasteiger partial charge in [0.1, 0.15) is 5.75 Å². The van der Waals surface area contributed by atoms with Crippen molar-refractivity contribution in [3.63, 3.8) is 0 Å². The van der Waals surface area contributed by atoms with Gasteiger partial charge in [0.25, 0.3) is 5.91 Å². The lowest BCUT2D eigenvalue weighted by molar-refractivity contribution is 0.0997. The lowest BCUT2D eigenvalue weighted by Crippen LogP contribution is -2.29. The fourth-order valence-corrected chi connectivity index (χ4v) is 2.76. The van der Waals surface area contributed by atoms with Crippen molar-refractivity contribution >= 4 is 11.6 Å². The molecule has 1 saturated carbocycles. The van der Waals surface area contributed by atoms with E-state index < -0.39 is 5.91 Å². The average molecular weight is 277 g/mol. The van der Waals surface area contributed by atoms with Gasteiger partial charge >= 0.3 is 0 Å². The van der Waals surface area contributed by atoms with Crippen LogP contribution < -0.4 is 21.5 Å². The number of carbonyl (C=O) groups excluding carboxylic acids is 1. The molecule has 2 rings (SSSR count). The number of anilines is 1. The molecule has 0 atom stereocenters. The van der Waals surface area contributed by atoms with Crippen molar-refractivity contribution in [2.45, 2.75) is 31.7 Å². The summed E-state index contributed by atoms with van der Waals surface area (Å²) in [7, 11) is 1.54. The Morgan fingerprint density at radius 2 is 2.05 bits per heavy atom. The van der Waals surface area contributed by atoms with Gasteiger partial charge in [-0.05, 0) is 50.3 Å². The number of benzene rings is 1. The Morgan fingerprint density at radius 3 is 2.60 bits per heavy atom. The Bertz CT molecular complexity index is 468. The van der Waals surface area contributed by atoms with Crippen LogP contribution in [0, 0.1) is 5.92 Å². The van der Waals surface area contributed by atoms with E-state index in [9.17, 15) is 4.79 Å². The number of nitrogens with one attached hydrogen (secondary N) is 1. The van der Waals surface area contributed by atoms with E-state index in [1.807, 2.05) is 12.1 Å². The van der Waals surface area contributed by atoms with Crippen LogP contribution in [0.1, 0.15) is 36.0 Å². The minimum atomic E-state index is -0.475. The summed E-state index contributed by atoms with van der Waals surface area (Å²) in [6.45, 7) is 0.786. The van der Waals surface area contributed by atoms with Crippen molar-refractivity contribution in [3.8, 4) is 5.75 Å². The van der Waals surface area contributed by atoms with Crippen molar-refractivity contribution in [2.75, 3.05) is 19.0 Å². The zero-order valence-corrected chi connectivity index (χ0v) is 11.9. The van der Waals surface area contributed by atoms with Gasteiger partial charge in [-0.2, -0.15) is 0 Å². The van der Waals surface area contributed by atoms with Gasteiger partial charge in [0.05, 0.1) is 12.7 Å². The Kier molecular flexibility index (Phi) is 4.84. The molecule has 1 fully saturated rings. The fourth-order valence-electron chi connectivity index (χ4n) is 2.76. The monoisotopic (exact) mass is 277 g/mol. The number of hydrogen-bond donors (Lipinski definition) is 3. The molecule has 0 radical (unpaired) electrons. The third-order valence-electron chi connectivity index (χ3n) is 4.02. The number of nitrogens with two attached hydrogens (primary N) is 2. The molecule has 1 aliphatic carbocycles. The van der Waals surface area contributed by atoms with Gasteiger partial charge < -0.3 is 21.5 Å². The van der Waals surface area contributed by atoms with Gasteiger partial charge in [-0.3, -0.25) is 4.79 Å². The normalized spacial score (nSPS) is 22.3. The summed E-state index contributed by atoms with van der Waals surface area (Å²) in [4.78, 5) is 11.3.